The molecule has 1 aliphatic heterocycles. The molecule has 152 valence electrons. The van der Waals surface area contributed by atoms with E-state index in [1.54, 1.807) is 18.2 Å². The number of likely N-dealkylation sites (tertiary alicyclic amines) is 1. The summed E-state index contributed by atoms with van der Waals surface area (Å²) in [5.74, 6) is 0.0631. The molecule has 0 spiro atoms. The predicted molar refractivity (Wildman–Crippen MR) is 120 cm³/mol. The van der Waals surface area contributed by atoms with Gasteiger partial charge >= 0.3 is 0 Å². The molecule has 4 nitrogen and oxygen atoms in total. The van der Waals surface area contributed by atoms with Crippen molar-refractivity contribution in [2.24, 2.45) is 0 Å². The van der Waals surface area contributed by atoms with E-state index in [2.05, 4.69) is 5.32 Å². The first-order valence-electron chi connectivity index (χ1n) is 9.48. The fourth-order valence-corrected chi connectivity index (χ4v) is 4.49. The smallest absolute Gasteiger partial charge is 0.244 e. The maximum absolute atomic E-state index is 12.1. The highest BCUT2D eigenvalue weighted by Crippen LogP contribution is 2.36. The molecule has 0 unspecified atom stereocenters. The summed E-state index contributed by atoms with van der Waals surface area (Å²) in [6.07, 6.45) is 5.67. The van der Waals surface area contributed by atoms with E-state index in [-0.39, 0.29) is 11.8 Å². The lowest BCUT2D eigenvalue weighted by molar-refractivity contribution is -0.127. The average molecular weight is 449 g/mol. The molecular weight excluding hydrogens is 427 g/mol. The monoisotopic (exact) mass is 448 g/mol. The van der Waals surface area contributed by atoms with Gasteiger partial charge in [-0.25, -0.2) is 0 Å². The zero-order valence-electron chi connectivity index (χ0n) is 15.9. The van der Waals surface area contributed by atoms with Gasteiger partial charge in [0.15, 0.2) is 0 Å². The lowest BCUT2D eigenvalue weighted by Gasteiger charge is -2.14. The van der Waals surface area contributed by atoms with E-state index in [1.807, 2.05) is 35.2 Å². The van der Waals surface area contributed by atoms with Crippen molar-refractivity contribution in [2.45, 2.75) is 29.1 Å². The third-order valence-electron chi connectivity index (χ3n) is 4.52. The second-order valence-electron chi connectivity index (χ2n) is 6.68. The van der Waals surface area contributed by atoms with E-state index in [4.69, 9.17) is 23.2 Å². The summed E-state index contributed by atoms with van der Waals surface area (Å²) in [6, 6.07) is 13.2. The lowest BCUT2D eigenvalue weighted by Crippen LogP contribution is -2.29. The van der Waals surface area contributed by atoms with Crippen LogP contribution in [0.15, 0.2) is 58.3 Å². The molecule has 2 aromatic rings. The molecule has 0 atom stereocenters. The number of carbonyl (C=O) groups is 2. The Kier molecular flexibility index (Phi) is 8.04. The Morgan fingerprint density at radius 1 is 1.17 bits per heavy atom. The zero-order chi connectivity index (χ0) is 20.6. The molecule has 2 aromatic carbocycles. The molecule has 0 aliphatic carbocycles. The average Bonchev–Trinajstić information content (AvgIpc) is 3.11. The highest BCUT2D eigenvalue weighted by Gasteiger charge is 2.18. The van der Waals surface area contributed by atoms with Gasteiger partial charge in [0.25, 0.3) is 0 Å². The molecule has 1 saturated heterocycles. The SMILES string of the molecule is O=C(/C=C/c1ccccc1Sc1ccc(Cl)cc1Cl)NCCCN1CCCC1=O. The van der Waals surface area contributed by atoms with Gasteiger partial charge in [-0.1, -0.05) is 53.2 Å². The van der Waals surface area contributed by atoms with Crippen LogP contribution in [-0.4, -0.2) is 36.3 Å². The summed E-state index contributed by atoms with van der Waals surface area (Å²) in [5, 5.41) is 4.06. The molecule has 2 amide bonds. The third-order valence-corrected chi connectivity index (χ3v) is 6.35. The van der Waals surface area contributed by atoms with Gasteiger partial charge in [0.1, 0.15) is 0 Å². The number of nitrogens with one attached hydrogen (secondary N) is 1. The summed E-state index contributed by atoms with van der Waals surface area (Å²) in [5.41, 5.74) is 0.932. The molecule has 0 radical (unpaired) electrons. The number of benzene rings is 2. The van der Waals surface area contributed by atoms with Crippen LogP contribution in [0.5, 0.6) is 0 Å². The molecule has 0 saturated carbocycles. The van der Waals surface area contributed by atoms with Crippen LogP contribution in [0.25, 0.3) is 6.08 Å². The van der Waals surface area contributed by atoms with Gasteiger partial charge in [0.2, 0.25) is 11.8 Å². The van der Waals surface area contributed by atoms with Crippen molar-refractivity contribution in [1.82, 2.24) is 10.2 Å². The van der Waals surface area contributed by atoms with Crippen LogP contribution in [0.4, 0.5) is 0 Å². The number of nitrogens with zero attached hydrogens (tertiary/aromatic N) is 1. The predicted octanol–water partition coefficient (Wildman–Crippen LogP) is 5.29. The Bertz CT molecular complexity index is 917. The van der Waals surface area contributed by atoms with Crippen LogP contribution in [0, 0.1) is 0 Å². The van der Waals surface area contributed by atoms with Gasteiger partial charge < -0.3 is 10.2 Å². The van der Waals surface area contributed by atoms with Gasteiger partial charge in [0, 0.05) is 46.9 Å². The Labute approximate surface area is 185 Å². The Balaban J connectivity index is 1.53. The maximum atomic E-state index is 12.1. The van der Waals surface area contributed by atoms with Crippen LogP contribution < -0.4 is 5.32 Å². The van der Waals surface area contributed by atoms with Crippen LogP contribution in [-0.2, 0) is 9.59 Å². The van der Waals surface area contributed by atoms with E-state index < -0.39 is 0 Å². The molecule has 1 N–H and O–H groups in total. The summed E-state index contributed by atoms with van der Waals surface area (Å²) >= 11 is 13.8. The molecule has 0 aromatic heterocycles. The van der Waals surface area contributed by atoms with Crippen molar-refractivity contribution in [3.63, 3.8) is 0 Å². The minimum absolute atomic E-state index is 0.151. The normalized spacial score (nSPS) is 14.0. The maximum Gasteiger partial charge on any atom is 0.244 e. The zero-order valence-corrected chi connectivity index (χ0v) is 18.2. The number of amides is 2. The van der Waals surface area contributed by atoms with Gasteiger partial charge in [0.05, 0.1) is 5.02 Å². The standard InChI is InChI=1S/C22H22Cl2N2O2S/c23-17-9-10-20(18(24)15-17)29-19-6-2-1-5-16(19)8-11-21(27)25-12-4-14-26-13-3-7-22(26)28/h1-2,5-6,8-11,15H,3-4,7,12-14H2,(H,25,27)/b11-8+. The molecule has 1 aliphatic rings. The number of hydrogen-bond acceptors (Lipinski definition) is 3. The highest BCUT2D eigenvalue weighted by atomic mass is 35.5. The molecular formula is C22H22Cl2N2O2S. The highest BCUT2D eigenvalue weighted by molar-refractivity contribution is 7.99. The Morgan fingerprint density at radius 3 is 2.76 bits per heavy atom. The van der Waals surface area contributed by atoms with Crippen molar-refractivity contribution in [1.29, 1.82) is 0 Å². The first-order chi connectivity index (χ1) is 14.0. The Morgan fingerprint density at radius 2 is 2.00 bits per heavy atom. The quantitative estimate of drug-likeness (QED) is 0.440. The fourth-order valence-electron chi connectivity index (χ4n) is 3.03. The number of carbonyl (C=O) groups excluding carboxylic acids is 2. The molecule has 7 heteroatoms. The molecule has 0 bridgehead atoms. The summed E-state index contributed by atoms with van der Waals surface area (Å²) in [7, 11) is 0. The Hall–Kier alpha value is -1.95. The van der Waals surface area contributed by atoms with Crippen LogP contribution in [0.1, 0.15) is 24.8 Å². The van der Waals surface area contributed by atoms with Gasteiger partial charge in [-0.2, -0.15) is 0 Å². The van der Waals surface area contributed by atoms with Crippen LogP contribution >= 0.6 is 35.0 Å². The first kappa shape index (κ1) is 21.8. The van der Waals surface area contributed by atoms with Crippen LogP contribution in [0.2, 0.25) is 10.0 Å². The van der Waals surface area contributed by atoms with Crippen molar-refractivity contribution >= 4 is 52.9 Å². The van der Waals surface area contributed by atoms with E-state index in [0.29, 0.717) is 29.6 Å². The summed E-state index contributed by atoms with van der Waals surface area (Å²) in [4.78, 5) is 27.4. The van der Waals surface area contributed by atoms with Crippen molar-refractivity contribution in [2.75, 3.05) is 19.6 Å². The topological polar surface area (TPSA) is 49.4 Å². The van der Waals surface area contributed by atoms with E-state index >= 15 is 0 Å². The molecule has 3 rings (SSSR count). The lowest BCUT2D eigenvalue weighted by atomic mass is 10.2. The van der Waals surface area contributed by atoms with Gasteiger partial charge in [-0.3, -0.25) is 9.59 Å². The van der Waals surface area contributed by atoms with E-state index in [0.717, 1.165) is 34.7 Å². The molecule has 29 heavy (non-hydrogen) atoms. The third kappa shape index (κ3) is 6.53. The minimum atomic E-state index is -0.151. The van der Waals surface area contributed by atoms with Crippen LogP contribution in [0.3, 0.4) is 0 Å². The molecule has 1 heterocycles. The van der Waals surface area contributed by atoms with E-state index in [1.165, 1.54) is 17.8 Å². The fraction of sp³-hybridized carbons (Fsp3) is 0.273. The summed E-state index contributed by atoms with van der Waals surface area (Å²) in [6.45, 7) is 2.08. The second-order valence-corrected chi connectivity index (χ2v) is 8.60. The number of halogens is 2. The summed E-state index contributed by atoms with van der Waals surface area (Å²) < 4.78 is 0. The molecule has 1 fully saturated rings. The minimum Gasteiger partial charge on any atom is -0.352 e. The van der Waals surface area contributed by atoms with Gasteiger partial charge in [-0.15, -0.1) is 0 Å². The van der Waals surface area contributed by atoms with Crippen molar-refractivity contribution in [3.05, 3.63) is 64.1 Å². The number of hydrogen-bond donors (Lipinski definition) is 1. The largest absolute Gasteiger partial charge is 0.352 e. The van der Waals surface area contributed by atoms with E-state index in [9.17, 15) is 9.59 Å². The van der Waals surface area contributed by atoms with Crippen molar-refractivity contribution in [3.8, 4) is 0 Å². The van der Waals surface area contributed by atoms with Crippen molar-refractivity contribution < 1.29 is 9.59 Å². The van der Waals surface area contributed by atoms with Gasteiger partial charge in [-0.05, 0) is 48.7 Å². The number of rotatable bonds is 8. The second kappa shape index (κ2) is 10.7. The first-order valence-corrected chi connectivity index (χ1v) is 11.1.